The highest BCUT2D eigenvalue weighted by atomic mass is 19.1. The molecular formula is C16H20FN3O. The first-order valence-corrected chi connectivity index (χ1v) is 7.08. The number of carbonyl (C=O) groups excluding carboxylic acids is 1. The first-order chi connectivity index (χ1) is 10.1. The normalized spacial score (nSPS) is 18.1. The third-order valence-corrected chi connectivity index (χ3v) is 3.73. The number of hydrogen-bond acceptors (Lipinski definition) is 3. The highest BCUT2D eigenvalue weighted by molar-refractivity contribution is 5.94. The predicted octanol–water partition coefficient (Wildman–Crippen LogP) is 0.960. The smallest absolute Gasteiger partial charge is 0.251 e. The number of nitrogens with zero attached hydrogens (tertiary/aromatic N) is 1. The van der Waals surface area contributed by atoms with Crippen LogP contribution in [0.4, 0.5) is 4.39 Å². The van der Waals surface area contributed by atoms with Gasteiger partial charge in [0, 0.05) is 18.2 Å². The van der Waals surface area contributed by atoms with Crippen LogP contribution in [0.25, 0.3) is 0 Å². The second kappa shape index (κ2) is 7.21. The molecule has 1 heterocycles. The molecule has 0 radical (unpaired) electrons. The maximum atomic E-state index is 13.8. The number of benzene rings is 1. The van der Waals surface area contributed by atoms with E-state index in [1.165, 1.54) is 12.1 Å². The minimum absolute atomic E-state index is 0.177. The van der Waals surface area contributed by atoms with Crippen molar-refractivity contribution in [1.82, 2.24) is 10.2 Å². The Kier molecular flexibility index (Phi) is 5.32. The van der Waals surface area contributed by atoms with Crippen molar-refractivity contribution < 1.29 is 9.18 Å². The zero-order chi connectivity index (χ0) is 15.2. The Balaban J connectivity index is 1.97. The molecule has 1 unspecified atom stereocenters. The molecule has 2 rings (SSSR count). The van der Waals surface area contributed by atoms with Crippen LogP contribution in [0.3, 0.4) is 0 Å². The summed E-state index contributed by atoms with van der Waals surface area (Å²) in [6.45, 7) is 1.83. The third kappa shape index (κ3) is 4.03. The number of amides is 1. The van der Waals surface area contributed by atoms with Crippen LogP contribution in [0.1, 0.15) is 28.8 Å². The van der Waals surface area contributed by atoms with Gasteiger partial charge in [-0.2, -0.15) is 0 Å². The summed E-state index contributed by atoms with van der Waals surface area (Å²) in [5.41, 5.74) is 5.82. The summed E-state index contributed by atoms with van der Waals surface area (Å²) in [5.74, 6) is 4.47. The number of likely N-dealkylation sites (tertiary alicyclic amines) is 1. The highest BCUT2D eigenvalue weighted by Crippen LogP contribution is 2.14. The number of halogens is 1. The zero-order valence-corrected chi connectivity index (χ0v) is 12.2. The maximum absolute atomic E-state index is 13.8. The molecular weight excluding hydrogens is 269 g/mol. The van der Waals surface area contributed by atoms with E-state index in [0.717, 1.165) is 19.4 Å². The monoisotopic (exact) mass is 289 g/mol. The lowest BCUT2D eigenvalue weighted by molar-refractivity contribution is 0.0943. The number of hydrogen-bond donors (Lipinski definition) is 2. The van der Waals surface area contributed by atoms with Crippen LogP contribution in [-0.2, 0) is 0 Å². The predicted molar refractivity (Wildman–Crippen MR) is 80.3 cm³/mol. The quantitative estimate of drug-likeness (QED) is 0.815. The Hall–Kier alpha value is -1.90. The largest absolute Gasteiger partial charge is 0.350 e. The van der Waals surface area contributed by atoms with Crippen LogP contribution in [0, 0.1) is 17.7 Å². The summed E-state index contributed by atoms with van der Waals surface area (Å²) in [4.78, 5) is 14.3. The molecule has 1 amide bonds. The molecule has 0 aromatic heterocycles. The Morgan fingerprint density at radius 2 is 2.38 bits per heavy atom. The van der Waals surface area contributed by atoms with E-state index in [1.54, 1.807) is 6.07 Å². The second-order valence-corrected chi connectivity index (χ2v) is 5.19. The van der Waals surface area contributed by atoms with Gasteiger partial charge in [0.1, 0.15) is 5.82 Å². The summed E-state index contributed by atoms with van der Waals surface area (Å²) in [7, 11) is 2.05. The highest BCUT2D eigenvalue weighted by Gasteiger charge is 2.21. The summed E-state index contributed by atoms with van der Waals surface area (Å²) in [6.07, 6.45) is 2.24. The van der Waals surface area contributed by atoms with Crippen molar-refractivity contribution in [3.63, 3.8) is 0 Å². The van der Waals surface area contributed by atoms with Gasteiger partial charge >= 0.3 is 0 Å². The average molecular weight is 289 g/mol. The van der Waals surface area contributed by atoms with Gasteiger partial charge in [0.2, 0.25) is 0 Å². The van der Waals surface area contributed by atoms with E-state index in [0.29, 0.717) is 18.2 Å². The maximum Gasteiger partial charge on any atom is 0.251 e. The molecule has 0 spiro atoms. The number of rotatable bonds is 3. The van der Waals surface area contributed by atoms with Gasteiger partial charge in [0.15, 0.2) is 0 Å². The van der Waals surface area contributed by atoms with E-state index in [-0.39, 0.29) is 18.0 Å². The Bertz CT molecular complexity index is 577. The van der Waals surface area contributed by atoms with Crippen molar-refractivity contribution in [3.8, 4) is 11.8 Å². The molecule has 1 aromatic carbocycles. The van der Waals surface area contributed by atoms with E-state index in [1.807, 2.05) is 7.05 Å². The Morgan fingerprint density at radius 1 is 1.57 bits per heavy atom. The Morgan fingerprint density at radius 3 is 3.00 bits per heavy atom. The molecule has 0 saturated carbocycles. The van der Waals surface area contributed by atoms with Crippen LogP contribution in [0.15, 0.2) is 18.2 Å². The molecule has 1 saturated heterocycles. The van der Waals surface area contributed by atoms with Gasteiger partial charge < -0.3 is 16.0 Å². The molecule has 0 bridgehead atoms. The van der Waals surface area contributed by atoms with Crippen molar-refractivity contribution >= 4 is 5.91 Å². The van der Waals surface area contributed by atoms with Gasteiger partial charge in [0.05, 0.1) is 12.1 Å². The fourth-order valence-electron chi connectivity index (χ4n) is 2.45. The Labute approximate surface area is 124 Å². The van der Waals surface area contributed by atoms with E-state index in [4.69, 9.17) is 5.73 Å². The van der Waals surface area contributed by atoms with Crippen LogP contribution < -0.4 is 11.1 Å². The van der Waals surface area contributed by atoms with Crippen molar-refractivity contribution in [2.45, 2.75) is 18.9 Å². The van der Waals surface area contributed by atoms with Crippen LogP contribution in [0.2, 0.25) is 0 Å². The summed E-state index contributed by atoms with van der Waals surface area (Å²) < 4.78 is 13.8. The number of nitrogens with two attached hydrogens (primary N) is 1. The third-order valence-electron chi connectivity index (χ3n) is 3.73. The van der Waals surface area contributed by atoms with Gasteiger partial charge in [-0.05, 0) is 44.6 Å². The molecule has 3 N–H and O–H groups in total. The molecule has 1 aliphatic heterocycles. The molecule has 21 heavy (non-hydrogen) atoms. The number of likely N-dealkylation sites (N-methyl/N-ethyl adjacent to an activating group) is 1. The lowest BCUT2D eigenvalue weighted by atomic mass is 10.1. The van der Waals surface area contributed by atoms with Crippen LogP contribution in [-0.4, -0.2) is 43.5 Å². The lowest BCUT2D eigenvalue weighted by Gasteiger charge is -2.19. The molecule has 1 aliphatic rings. The molecule has 1 atom stereocenters. The fourth-order valence-corrected chi connectivity index (χ4v) is 2.45. The summed E-state index contributed by atoms with van der Waals surface area (Å²) >= 11 is 0. The topological polar surface area (TPSA) is 58.4 Å². The van der Waals surface area contributed by atoms with E-state index >= 15 is 0 Å². The van der Waals surface area contributed by atoms with Gasteiger partial charge in [-0.25, -0.2) is 4.39 Å². The first kappa shape index (κ1) is 15.5. The molecule has 0 aliphatic carbocycles. The standard InChI is InChI=1S/C16H20FN3O/c1-20-9-3-5-14(20)11-19-16(21)13-7-6-12(4-2-8-18)15(17)10-13/h6-7,10,14H,3,5,8-9,11,18H2,1H3,(H,19,21). The first-order valence-electron chi connectivity index (χ1n) is 7.08. The summed E-state index contributed by atoms with van der Waals surface area (Å²) in [6, 6.07) is 4.67. The molecule has 5 heteroatoms. The van der Waals surface area contributed by atoms with E-state index in [9.17, 15) is 9.18 Å². The number of nitrogens with one attached hydrogen (secondary N) is 1. The lowest BCUT2D eigenvalue weighted by Crippen LogP contribution is -2.38. The van der Waals surface area contributed by atoms with Gasteiger partial charge in [-0.3, -0.25) is 4.79 Å². The molecule has 4 nitrogen and oxygen atoms in total. The molecule has 112 valence electrons. The van der Waals surface area contributed by atoms with Crippen LogP contribution in [0.5, 0.6) is 0 Å². The number of carbonyl (C=O) groups is 1. The van der Waals surface area contributed by atoms with Crippen molar-refractivity contribution in [1.29, 1.82) is 0 Å². The van der Waals surface area contributed by atoms with E-state index in [2.05, 4.69) is 22.1 Å². The fraction of sp³-hybridized carbons (Fsp3) is 0.438. The van der Waals surface area contributed by atoms with Crippen LogP contribution >= 0.6 is 0 Å². The van der Waals surface area contributed by atoms with Crippen molar-refractivity contribution in [2.75, 3.05) is 26.7 Å². The summed E-state index contributed by atoms with van der Waals surface area (Å²) in [5, 5.41) is 2.86. The van der Waals surface area contributed by atoms with Gasteiger partial charge in [0.25, 0.3) is 5.91 Å². The van der Waals surface area contributed by atoms with E-state index < -0.39 is 5.82 Å². The zero-order valence-electron chi connectivity index (χ0n) is 12.2. The SMILES string of the molecule is CN1CCCC1CNC(=O)c1ccc(C#CCN)c(F)c1. The minimum Gasteiger partial charge on any atom is -0.350 e. The average Bonchev–Trinajstić information content (AvgIpc) is 2.88. The minimum atomic E-state index is -0.499. The molecule has 1 fully saturated rings. The van der Waals surface area contributed by atoms with Gasteiger partial charge in [-0.1, -0.05) is 11.8 Å². The molecule has 1 aromatic rings. The van der Waals surface area contributed by atoms with Crippen molar-refractivity contribution in [2.24, 2.45) is 5.73 Å². The second-order valence-electron chi connectivity index (χ2n) is 5.19. The van der Waals surface area contributed by atoms with Gasteiger partial charge in [-0.15, -0.1) is 0 Å². The van der Waals surface area contributed by atoms with Crippen molar-refractivity contribution in [3.05, 3.63) is 35.1 Å².